The van der Waals surface area contributed by atoms with Crippen LogP contribution in [0.4, 0.5) is 0 Å². The Hall–Kier alpha value is -7.46. The van der Waals surface area contributed by atoms with Crippen LogP contribution in [0, 0.1) is 0 Å². The van der Waals surface area contributed by atoms with Crippen molar-refractivity contribution in [1.29, 1.82) is 0 Å². The molecule has 2 atom stereocenters. The van der Waals surface area contributed by atoms with Gasteiger partial charge in [0.2, 0.25) is 0 Å². The maximum atomic E-state index is 10.2. The number of fused-ring (bicyclic) bond motifs is 6. The molecule has 1 aliphatic carbocycles. The van der Waals surface area contributed by atoms with Crippen LogP contribution in [-0.2, 0) is 0 Å². The Labute approximate surface area is 402 Å². The van der Waals surface area contributed by atoms with Gasteiger partial charge in [-0.15, -0.1) is 11.3 Å². The molecule has 2 unspecified atom stereocenters. The molecule has 11 rings (SSSR count). The summed E-state index contributed by atoms with van der Waals surface area (Å²) < 4.78 is 273. The molecule has 0 fully saturated rings. The van der Waals surface area contributed by atoms with E-state index in [0.29, 0.717) is 11.3 Å². The van der Waals surface area contributed by atoms with Gasteiger partial charge in [-0.3, -0.25) is 4.98 Å². The number of hydrogen-bond donors (Lipinski definition) is 0. The predicted molar refractivity (Wildman–Crippen MR) is 263 cm³/mol. The van der Waals surface area contributed by atoms with Crippen molar-refractivity contribution in [2.75, 3.05) is 0 Å². The standard InChI is InChI=1S/C58H40N2S/c1-3-44-45(4-2)50(52-34-31-41-30-29-40-21-15-35-59-55(40)56(41)60-52)33-32-47(44)37-25-27-39(28-26-37)53-54(38-16-7-5-8-17-38)58(61-57(53)42-18-9-6-10-19-42)51-36-43-20-11-12-22-46(43)48-23-13-14-24-49(48)51/h3-25,27,29-36H,1-2,26,28H2/i5D,6D,7D,8D,9D,10D,11D,12D,13D,14D,15D,16D,17D,18D,19D,20D,21D,22D,23D,24D,25D,26D,27D,28D,29D,30D,31D,34D,35D,36D. The van der Waals surface area contributed by atoms with E-state index in [1.165, 1.54) is 24.3 Å². The number of aromatic nitrogens is 2. The summed E-state index contributed by atoms with van der Waals surface area (Å²) in [6.45, 7) is 7.92. The van der Waals surface area contributed by atoms with Crippen molar-refractivity contribution in [2.45, 2.75) is 12.8 Å². The minimum atomic E-state index is -2.19. The topological polar surface area (TPSA) is 25.8 Å². The van der Waals surface area contributed by atoms with Crippen molar-refractivity contribution in [3.8, 4) is 43.3 Å². The van der Waals surface area contributed by atoms with Crippen LogP contribution in [0.1, 0.15) is 76.2 Å². The minimum Gasteiger partial charge on any atom is -0.254 e. The lowest BCUT2D eigenvalue weighted by molar-refractivity contribution is 1.07. The molecule has 0 N–H and O–H groups in total. The van der Waals surface area contributed by atoms with Crippen molar-refractivity contribution in [3.05, 3.63) is 217 Å². The molecule has 0 spiro atoms. The lowest BCUT2D eigenvalue weighted by Crippen LogP contribution is -2.00. The zero-order valence-electron chi connectivity index (χ0n) is 61.2. The number of benzene rings is 7. The van der Waals surface area contributed by atoms with Crippen molar-refractivity contribution in [1.82, 2.24) is 9.97 Å². The van der Waals surface area contributed by atoms with E-state index in [1.54, 1.807) is 0 Å². The number of thiophene rings is 1. The average Bonchev–Trinajstić information content (AvgIpc) is 1.69. The zero-order valence-corrected chi connectivity index (χ0v) is 32.0. The average molecular weight is 827 g/mol. The lowest BCUT2D eigenvalue weighted by Gasteiger charge is -2.21. The summed E-state index contributed by atoms with van der Waals surface area (Å²) in [4.78, 5) is 7.62. The maximum absolute atomic E-state index is 10.2. The van der Waals surface area contributed by atoms with Crippen molar-refractivity contribution in [2.24, 2.45) is 0 Å². The first-order valence-electron chi connectivity index (χ1n) is 33.4. The molecule has 2 nitrogen and oxygen atoms in total. The monoisotopic (exact) mass is 826 g/mol. The first-order valence-corrected chi connectivity index (χ1v) is 19.1. The number of allylic oxidation sites excluding steroid dienone is 4. The Morgan fingerprint density at radius 2 is 1.13 bits per heavy atom. The van der Waals surface area contributed by atoms with Gasteiger partial charge in [-0.25, -0.2) is 4.98 Å². The largest absolute Gasteiger partial charge is 0.254 e. The quantitative estimate of drug-likeness (QED) is 0.143. The van der Waals surface area contributed by atoms with Crippen LogP contribution < -0.4 is 0 Å². The highest BCUT2D eigenvalue weighted by Gasteiger charge is 2.27. The fraction of sp³-hybridized carbons (Fsp3) is 0.0345. The smallest absolute Gasteiger partial charge is 0.0972 e. The number of rotatable bonds is 8. The predicted octanol–water partition coefficient (Wildman–Crippen LogP) is 16.4. The second-order valence-corrected chi connectivity index (χ2v) is 14.2. The molecule has 3 heterocycles. The van der Waals surface area contributed by atoms with Gasteiger partial charge < -0.3 is 0 Å². The Morgan fingerprint density at radius 3 is 1.92 bits per heavy atom. The van der Waals surface area contributed by atoms with E-state index >= 15 is 0 Å². The Kier molecular flexibility index (Phi) is 4.23. The molecule has 3 aromatic heterocycles. The molecule has 61 heavy (non-hydrogen) atoms. The molecule has 0 radical (unpaired) electrons. The fourth-order valence-electron chi connectivity index (χ4n) is 7.30. The Morgan fingerprint density at radius 1 is 0.525 bits per heavy atom. The van der Waals surface area contributed by atoms with Crippen LogP contribution in [-0.4, -0.2) is 9.97 Å². The van der Waals surface area contributed by atoms with E-state index in [0.717, 1.165) is 0 Å². The van der Waals surface area contributed by atoms with Gasteiger partial charge in [0.1, 0.15) is 0 Å². The molecule has 1 aliphatic rings. The molecule has 7 aromatic carbocycles. The highest BCUT2D eigenvalue weighted by atomic mass is 32.1. The molecule has 288 valence electrons. The Bertz CT molecular complexity index is 5120. The fourth-order valence-corrected chi connectivity index (χ4v) is 8.59. The molecule has 3 heteroatoms. The third-order valence-electron chi connectivity index (χ3n) is 9.95. The van der Waals surface area contributed by atoms with E-state index < -0.39 is 247 Å². The van der Waals surface area contributed by atoms with Crippen molar-refractivity contribution >= 4 is 78.0 Å². The summed E-state index contributed by atoms with van der Waals surface area (Å²) in [6, 6.07) is -20.5. The second kappa shape index (κ2) is 15.3. The number of nitrogens with zero attached hydrogens (tertiary/aromatic N) is 2. The first-order chi connectivity index (χ1) is 42.7. The van der Waals surface area contributed by atoms with Gasteiger partial charge in [-0.2, -0.15) is 0 Å². The summed E-state index contributed by atoms with van der Waals surface area (Å²) in [5.74, 6) is 0. The van der Waals surface area contributed by atoms with E-state index in [4.69, 9.17) is 24.7 Å². The highest BCUT2D eigenvalue weighted by Crippen LogP contribution is 2.53. The molecule has 0 amide bonds. The van der Waals surface area contributed by atoms with Gasteiger partial charge >= 0.3 is 0 Å². The van der Waals surface area contributed by atoms with Crippen molar-refractivity contribution < 1.29 is 41.1 Å². The summed E-state index contributed by atoms with van der Waals surface area (Å²) in [5, 5.41) is -3.04. The molecule has 0 saturated carbocycles. The van der Waals surface area contributed by atoms with E-state index in [1.807, 2.05) is 0 Å². The third kappa shape index (κ3) is 6.25. The third-order valence-corrected chi connectivity index (χ3v) is 11.2. The van der Waals surface area contributed by atoms with Crippen LogP contribution in [0.5, 0.6) is 0 Å². The van der Waals surface area contributed by atoms with Crippen LogP contribution in [0.15, 0.2) is 195 Å². The normalized spacial score (nSPS) is 22.4. The van der Waals surface area contributed by atoms with Gasteiger partial charge in [-0.05, 0) is 91.4 Å². The Balaban J connectivity index is 1.31. The summed E-state index contributed by atoms with van der Waals surface area (Å²) in [5.41, 5.74) is -5.35. The van der Waals surface area contributed by atoms with Crippen LogP contribution in [0.3, 0.4) is 0 Å². The molecular formula is C58H40N2S. The van der Waals surface area contributed by atoms with Gasteiger partial charge in [0.15, 0.2) is 0 Å². The van der Waals surface area contributed by atoms with E-state index in [9.17, 15) is 16.4 Å². The van der Waals surface area contributed by atoms with Crippen molar-refractivity contribution in [3.63, 3.8) is 0 Å². The van der Waals surface area contributed by atoms with Crippen LogP contribution >= 0.6 is 11.3 Å². The maximum Gasteiger partial charge on any atom is 0.0972 e. The minimum absolute atomic E-state index is 0.0401. The highest BCUT2D eigenvalue weighted by molar-refractivity contribution is 7.20. The SMILES string of the molecule is [2H]C1=C(c2ccc(-c3nc4c(c([2H])c3[2H])c([2H])c([2H])c3c([2H])c([2H])c([2H])nc34)c(C=C)c2C=C)C([2H])C([2H])C(c2c(-c3c([2H])c([2H])c([2H])c([2H])c3[2H])sc(-c3c([2H])c4c([2H])c([2H])c([2H])c([2H])c4c4c([2H])c([2H])c([2H])c([2H])c34)c2-c2c([2H])c([2H])c([2H])c([2H])c2[2H])=C1[2H]. The molecule has 10 aromatic rings. The molecule has 0 saturated heterocycles. The zero-order chi connectivity index (χ0) is 67.0. The van der Waals surface area contributed by atoms with Crippen LogP contribution in [0.25, 0.3) is 110 Å². The molecule has 0 aliphatic heterocycles. The van der Waals surface area contributed by atoms with Gasteiger partial charge in [0.25, 0.3) is 0 Å². The van der Waals surface area contributed by atoms with E-state index in [2.05, 4.69) is 23.1 Å². The number of hydrogen-bond acceptors (Lipinski definition) is 3. The number of pyridine rings is 2. The van der Waals surface area contributed by atoms with Gasteiger partial charge in [0.05, 0.1) is 55.1 Å². The van der Waals surface area contributed by atoms with Gasteiger partial charge in [-0.1, -0.05) is 182 Å². The summed E-state index contributed by atoms with van der Waals surface area (Å²) in [6.07, 6.45) is -2.36. The summed E-state index contributed by atoms with van der Waals surface area (Å²) in [7, 11) is 0. The lowest BCUT2D eigenvalue weighted by atomic mass is 9.83. The molecular weight excluding hydrogens is 757 g/mol. The first kappa shape index (κ1) is 16.9. The second-order valence-electron chi connectivity index (χ2n) is 13.2. The summed E-state index contributed by atoms with van der Waals surface area (Å²) >= 11 is 0.349. The van der Waals surface area contributed by atoms with Gasteiger partial charge in [0, 0.05) is 51.7 Å². The van der Waals surface area contributed by atoms with E-state index in [-0.39, 0.29) is 55.3 Å². The molecule has 0 bridgehead atoms. The van der Waals surface area contributed by atoms with Crippen LogP contribution in [0.2, 0.25) is 0 Å².